The Labute approximate surface area is 93.8 Å². The molecule has 0 spiro atoms. The minimum Gasteiger partial charge on any atom is -0.431 e. The Hall–Kier alpha value is -1.11. The fraction of sp³-hybridized carbons (Fsp3) is 0.111. The van der Waals surface area contributed by atoms with Gasteiger partial charge in [0.2, 0.25) is 6.10 Å². The third-order valence-electron chi connectivity index (χ3n) is 1.88. The summed E-state index contributed by atoms with van der Waals surface area (Å²) in [6.45, 7) is 0. The zero-order valence-electron chi connectivity index (χ0n) is 6.99. The number of carbonyl (C=O) groups is 2. The van der Waals surface area contributed by atoms with E-state index in [1.807, 2.05) is 12.1 Å². The van der Waals surface area contributed by atoms with E-state index in [9.17, 15) is 9.59 Å². The Kier molecular flexibility index (Phi) is 2.40. The van der Waals surface area contributed by atoms with Gasteiger partial charge in [0, 0.05) is 9.13 Å². The van der Waals surface area contributed by atoms with E-state index in [4.69, 9.17) is 4.74 Å². The molecule has 0 aromatic heterocycles. The van der Waals surface area contributed by atoms with Gasteiger partial charge in [0.05, 0.1) is 0 Å². The molecule has 1 aromatic carbocycles. The number of halogens is 1. The van der Waals surface area contributed by atoms with Gasteiger partial charge in [0.1, 0.15) is 0 Å². The van der Waals surface area contributed by atoms with Crippen LogP contribution in [0.4, 0.5) is 4.79 Å². The number of ether oxygens (including phenoxy) is 1. The molecule has 1 aliphatic rings. The van der Waals surface area contributed by atoms with Gasteiger partial charge in [-0.25, -0.2) is 4.79 Å². The van der Waals surface area contributed by atoms with Gasteiger partial charge in [-0.05, 0) is 28.7 Å². The average Bonchev–Trinajstić information content (AvgIpc) is 2.46. The Morgan fingerprint density at radius 3 is 2.57 bits per heavy atom. The van der Waals surface area contributed by atoms with Gasteiger partial charge >= 0.3 is 6.09 Å². The van der Waals surface area contributed by atoms with Gasteiger partial charge in [-0.2, -0.15) is 0 Å². The highest BCUT2D eigenvalue weighted by Gasteiger charge is 2.34. The summed E-state index contributed by atoms with van der Waals surface area (Å²) < 4.78 is 5.74. The molecular weight excluding hydrogens is 297 g/mol. The van der Waals surface area contributed by atoms with Gasteiger partial charge in [0.15, 0.2) is 0 Å². The third kappa shape index (κ3) is 1.59. The summed E-state index contributed by atoms with van der Waals surface area (Å²) in [5.74, 6) is -0.404. The van der Waals surface area contributed by atoms with Gasteiger partial charge in [-0.15, -0.1) is 0 Å². The first-order valence-corrected chi connectivity index (χ1v) is 5.02. The summed E-state index contributed by atoms with van der Waals surface area (Å²) in [5.41, 5.74) is 0.719. The molecule has 1 aliphatic heterocycles. The zero-order valence-corrected chi connectivity index (χ0v) is 9.15. The second kappa shape index (κ2) is 3.56. The Bertz CT molecular complexity index is 405. The molecule has 1 fully saturated rings. The first-order valence-electron chi connectivity index (χ1n) is 3.94. The van der Waals surface area contributed by atoms with Crippen LogP contribution in [-0.4, -0.2) is 12.0 Å². The van der Waals surface area contributed by atoms with Crippen molar-refractivity contribution in [2.45, 2.75) is 6.10 Å². The van der Waals surface area contributed by atoms with Crippen molar-refractivity contribution in [1.82, 2.24) is 5.32 Å². The number of carbonyl (C=O) groups excluding carboxylic acids is 2. The van der Waals surface area contributed by atoms with E-state index in [-0.39, 0.29) is 0 Å². The summed E-state index contributed by atoms with van der Waals surface area (Å²) >= 11 is 2.10. The van der Waals surface area contributed by atoms with Crippen molar-refractivity contribution in [3.8, 4) is 0 Å². The number of alkyl carbamates (subject to hydrolysis) is 1. The molecule has 0 saturated carbocycles. The van der Waals surface area contributed by atoms with Crippen molar-refractivity contribution in [3.05, 3.63) is 33.4 Å². The minimum absolute atomic E-state index is 0.404. The van der Waals surface area contributed by atoms with Crippen LogP contribution in [0.15, 0.2) is 24.3 Å². The minimum atomic E-state index is -0.796. The Morgan fingerprint density at radius 2 is 2.00 bits per heavy atom. The molecule has 2 amide bonds. The monoisotopic (exact) mass is 303 g/mol. The van der Waals surface area contributed by atoms with Gasteiger partial charge in [0.25, 0.3) is 5.91 Å². The molecule has 1 saturated heterocycles. The lowest BCUT2D eigenvalue weighted by Crippen LogP contribution is -2.20. The highest BCUT2D eigenvalue weighted by Crippen LogP contribution is 2.25. The number of hydrogen-bond donors (Lipinski definition) is 1. The number of benzene rings is 1. The van der Waals surface area contributed by atoms with Crippen LogP contribution in [0.25, 0.3) is 0 Å². The van der Waals surface area contributed by atoms with Crippen LogP contribution in [0.5, 0.6) is 0 Å². The molecule has 2 rings (SSSR count). The fourth-order valence-electron chi connectivity index (χ4n) is 1.25. The van der Waals surface area contributed by atoms with Crippen molar-refractivity contribution in [2.75, 3.05) is 0 Å². The van der Waals surface area contributed by atoms with E-state index in [2.05, 4.69) is 27.9 Å². The molecule has 72 valence electrons. The summed E-state index contributed by atoms with van der Waals surface area (Å²) in [6.07, 6.45) is -1.48. The lowest BCUT2D eigenvalue weighted by Gasteiger charge is -2.07. The standard InChI is InChI=1S/C9H6INO3/c10-6-4-2-1-3-5(6)7-8(12)11-9(13)14-7/h1-4,7H,(H,11,12,13). The van der Waals surface area contributed by atoms with Crippen LogP contribution in [0.3, 0.4) is 0 Å². The Morgan fingerprint density at radius 1 is 1.29 bits per heavy atom. The van der Waals surface area contributed by atoms with E-state index in [1.165, 1.54) is 0 Å². The van der Waals surface area contributed by atoms with E-state index >= 15 is 0 Å². The highest BCUT2D eigenvalue weighted by molar-refractivity contribution is 14.1. The predicted octanol–water partition coefficient (Wildman–Crippen LogP) is 1.60. The van der Waals surface area contributed by atoms with Gasteiger partial charge in [-0.1, -0.05) is 18.2 Å². The van der Waals surface area contributed by atoms with Crippen molar-refractivity contribution in [3.63, 3.8) is 0 Å². The molecule has 1 heterocycles. The first-order chi connectivity index (χ1) is 6.68. The van der Waals surface area contributed by atoms with Crippen LogP contribution in [0.1, 0.15) is 11.7 Å². The molecular formula is C9H6INO3. The maximum atomic E-state index is 11.3. The predicted molar refractivity (Wildman–Crippen MR) is 56.5 cm³/mol. The van der Waals surface area contributed by atoms with Crippen molar-refractivity contribution < 1.29 is 14.3 Å². The quantitative estimate of drug-likeness (QED) is 0.802. The summed E-state index contributed by atoms with van der Waals surface area (Å²) in [7, 11) is 0. The number of hydrogen-bond acceptors (Lipinski definition) is 3. The number of imide groups is 1. The average molecular weight is 303 g/mol. The van der Waals surface area contributed by atoms with Crippen molar-refractivity contribution in [1.29, 1.82) is 0 Å². The number of cyclic esters (lactones) is 1. The van der Waals surface area contributed by atoms with Crippen LogP contribution in [0.2, 0.25) is 0 Å². The fourth-order valence-corrected chi connectivity index (χ4v) is 1.92. The molecule has 0 bridgehead atoms. The number of nitrogens with one attached hydrogen (secondary N) is 1. The lowest BCUT2D eigenvalue weighted by molar-refractivity contribution is -0.123. The van der Waals surface area contributed by atoms with Crippen LogP contribution in [-0.2, 0) is 9.53 Å². The molecule has 14 heavy (non-hydrogen) atoms. The van der Waals surface area contributed by atoms with Gasteiger partial charge in [-0.3, -0.25) is 10.1 Å². The maximum absolute atomic E-state index is 11.3. The second-order valence-corrected chi connectivity index (χ2v) is 3.96. The molecule has 1 unspecified atom stereocenters. The lowest BCUT2D eigenvalue weighted by atomic mass is 10.1. The topological polar surface area (TPSA) is 55.4 Å². The summed E-state index contributed by atoms with van der Waals surface area (Å²) in [5, 5.41) is 2.09. The molecule has 1 atom stereocenters. The van der Waals surface area contributed by atoms with Gasteiger partial charge < -0.3 is 4.74 Å². The summed E-state index contributed by atoms with van der Waals surface area (Å²) in [4.78, 5) is 22.1. The first kappa shape index (κ1) is 9.45. The number of amides is 2. The SMILES string of the molecule is O=C1NC(=O)C(c2ccccc2I)O1. The van der Waals surface area contributed by atoms with Crippen LogP contribution in [0, 0.1) is 3.57 Å². The third-order valence-corrected chi connectivity index (χ3v) is 2.86. The van der Waals surface area contributed by atoms with Crippen molar-refractivity contribution >= 4 is 34.6 Å². The highest BCUT2D eigenvalue weighted by atomic mass is 127. The molecule has 1 N–H and O–H groups in total. The van der Waals surface area contributed by atoms with Crippen LogP contribution < -0.4 is 5.32 Å². The van der Waals surface area contributed by atoms with E-state index in [0.29, 0.717) is 0 Å². The second-order valence-electron chi connectivity index (χ2n) is 2.80. The van der Waals surface area contributed by atoms with Crippen LogP contribution >= 0.6 is 22.6 Å². The smallest absolute Gasteiger partial charge is 0.415 e. The van der Waals surface area contributed by atoms with E-state index in [1.54, 1.807) is 12.1 Å². The Balaban J connectivity index is 2.36. The molecule has 5 heteroatoms. The summed E-state index contributed by atoms with van der Waals surface area (Å²) in [6, 6.07) is 7.29. The largest absolute Gasteiger partial charge is 0.431 e. The maximum Gasteiger partial charge on any atom is 0.415 e. The molecule has 0 aliphatic carbocycles. The van der Waals surface area contributed by atoms with E-state index in [0.717, 1.165) is 9.13 Å². The number of rotatable bonds is 1. The molecule has 1 aromatic rings. The molecule has 4 nitrogen and oxygen atoms in total. The van der Waals surface area contributed by atoms with Crippen molar-refractivity contribution in [2.24, 2.45) is 0 Å². The van der Waals surface area contributed by atoms with E-state index < -0.39 is 18.1 Å². The normalized spacial score (nSPS) is 20.5. The molecule has 0 radical (unpaired) electrons. The zero-order chi connectivity index (χ0) is 10.1.